The van der Waals surface area contributed by atoms with Crippen molar-refractivity contribution < 1.29 is 0 Å². The predicted molar refractivity (Wildman–Crippen MR) is 301 cm³/mol. The summed E-state index contributed by atoms with van der Waals surface area (Å²) in [6, 6.07) is 31.7. The molecule has 0 saturated heterocycles. The van der Waals surface area contributed by atoms with Crippen LogP contribution in [0.15, 0.2) is 108 Å². The van der Waals surface area contributed by atoms with E-state index in [1.165, 1.54) is 69.9 Å². The highest BCUT2D eigenvalue weighted by atomic mass is 32.1. The predicted octanol–water partition coefficient (Wildman–Crippen LogP) is 17.1. The van der Waals surface area contributed by atoms with Crippen LogP contribution in [0.3, 0.4) is 0 Å². The molecule has 3 heterocycles. The van der Waals surface area contributed by atoms with Gasteiger partial charge in [-0.1, -0.05) is 181 Å². The smallest absolute Gasteiger partial charge is 0.235 e. The number of benzene rings is 4. The van der Waals surface area contributed by atoms with Gasteiger partial charge >= 0.3 is 0 Å². The summed E-state index contributed by atoms with van der Waals surface area (Å²) < 4.78 is 1.59. The van der Waals surface area contributed by atoms with Crippen LogP contribution >= 0.6 is 11.3 Å². The second kappa shape index (κ2) is 15.8. The SMILES string of the molecule is Cc1cc2c3c(c1)N(c1ccc(C(C)(C)C)cc1)c1c(sc4c1CC(C(C)(C)C)C=C4)B3C1C=C3C(=CC1C(Cc1cc4c(cc1-c1ccccc1)C(C)(C)CCC4(C)C)C2)C(C)(C)CCC3(C)C. The van der Waals surface area contributed by atoms with E-state index in [0.29, 0.717) is 23.6 Å². The van der Waals surface area contributed by atoms with Gasteiger partial charge in [-0.05, 0) is 193 Å². The Hall–Kier alpha value is -4.34. The molecule has 1 fully saturated rings. The zero-order valence-electron chi connectivity index (χ0n) is 45.0. The van der Waals surface area contributed by atoms with Crippen LogP contribution in [0.4, 0.5) is 17.1 Å². The first-order valence-corrected chi connectivity index (χ1v) is 27.7. The van der Waals surface area contributed by atoms with Crippen LogP contribution in [-0.4, -0.2) is 6.71 Å². The third-order valence-corrected chi connectivity index (χ3v) is 20.1. The summed E-state index contributed by atoms with van der Waals surface area (Å²) in [5.74, 6) is 1.62. The third kappa shape index (κ3) is 7.76. The summed E-state index contributed by atoms with van der Waals surface area (Å²) in [5.41, 5.74) is 23.3. The lowest BCUT2D eigenvalue weighted by molar-refractivity contribution is 0.249. The van der Waals surface area contributed by atoms with Crippen molar-refractivity contribution in [3.63, 3.8) is 0 Å². The first-order chi connectivity index (χ1) is 32.3. The van der Waals surface area contributed by atoms with Gasteiger partial charge in [-0.3, -0.25) is 0 Å². The lowest BCUT2D eigenvalue weighted by Gasteiger charge is -2.49. The molecule has 11 rings (SSSR count). The van der Waals surface area contributed by atoms with Crippen molar-refractivity contribution in [2.45, 2.75) is 171 Å². The maximum absolute atomic E-state index is 2.91. The van der Waals surface area contributed by atoms with E-state index in [1.807, 2.05) is 0 Å². The van der Waals surface area contributed by atoms with Gasteiger partial charge in [-0.15, -0.1) is 11.3 Å². The molecule has 4 aromatic carbocycles. The second-order valence-corrected chi connectivity index (χ2v) is 28.7. The van der Waals surface area contributed by atoms with Gasteiger partial charge in [-0.25, -0.2) is 0 Å². The molecule has 0 spiro atoms. The van der Waals surface area contributed by atoms with E-state index in [9.17, 15) is 0 Å². The fourth-order valence-electron chi connectivity index (χ4n) is 14.2. The number of allylic oxidation sites excluding steroid dienone is 5. The highest BCUT2D eigenvalue weighted by Gasteiger charge is 2.53. The Morgan fingerprint density at radius 1 is 0.696 bits per heavy atom. The standard InChI is InChI=1S/C66H80BNS/c1-40-31-44-34-42(33-43-35-51-52(64(10,11)28-27-63(51,8)9)37-48(43)41-19-17-16-18-20-41)49-38-53-54(66(14,15)30-29-65(53,12)13)39-55(49)67-58(44)56(32-40)68(47-24-21-45(22-25-47)61(2,3)4)59-50-36-46(62(5,6)7)23-26-57(50)69-60(59)67/h16-26,31-32,35,37-39,42,46,49,55H,27-30,33-34,36H2,1-15H3. The number of thiophene rings is 1. The molecule has 0 N–H and O–H groups in total. The molecule has 0 amide bonds. The van der Waals surface area contributed by atoms with Crippen LogP contribution in [0.25, 0.3) is 17.2 Å². The molecule has 2 aliphatic heterocycles. The molecule has 1 saturated carbocycles. The highest BCUT2D eigenvalue weighted by molar-refractivity contribution is 7.27. The number of hydrogen-bond acceptors (Lipinski definition) is 2. The van der Waals surface area contributed by atoms with Crippen LogP contribution in [0, 0.1) is 40.9 Å². The van der Waals surface area contributed by atoms with E-state index in [0.717, 1.165) is 19.3 Å². The minimum absolute atomic E-state index is 0.0834. The fraction of sp³-hybridized carbons (Fsp3) is 0.485. The number of hydrogen-bond donors (Lipinski definition) is 0. The molecular formula is C66H80BNS. The number of aryl methyl sites for hydroxylation is 1. The van der Waals surface area contributed by atoms with Crippen molar-refractivity contribution in [3.8, 4) is 11.1 Å². The van der Waals surface area contributed by atoms with Gasteiger partial charge in [0, 0.05) is 21.0 Å². The molecule has 4 atom stereocenters. The summed E-state index contributed by atoms with van der Waals surface area (Å²) in [6.45, 7) is 37.2. The lowest BCUT2D eigenvalue weighted by atomic mass is 9.31. The van der Waals surface area contributed by atoms with Gasteiger partial charge < -0.3 is 4.90 Å². The van der Waals surface area contributed by atoms with E-state index in [4.69, 9.17) is 0 Å². The average Bonchev–Trinajstić information content (AvgIpc) is 3.60. The normalized spacial score (nSPS) is 24.7. The van der Waals surface area contributed by atoms with E-state index in [1.54, 1.807) is 49.2 Å². The number of nitrogens with zero attached hydrogens (tertiary/aromatic N) is 1. The largest absolute Gasteiger partial charge is 0.310 e. The molecule has 1 nitrogen and oxygen atoms in total. The Bertz CT molecular complexity index is 2970. The highest BCUT2D eigenvalue weighted by Crippen LogP contribution is 2.59. The summed E-state index contributed by atoms with van der Waals surface area (Å²) in [4.78, 5) is 4.24. The van der Waals surface area contributed by atoms with Gasteiger partial charge in [0.15, 0.2) is 0 Å². The quantitative estimate of drug-likeness (QED) is 0.162. The minimum atomic E-state index is 0.0834. The average molecular weight is 930 g/mol. The molecule has 69 heavy (non-hydrogen) atoms. The molecule has 4 unspecified atom stereocenters. The molecular weight excluding hydrogens is 850 g/mol. The van der Waals surface area contributed by atoms with Crippen molar-refractivity contribution in [2.75, 3.05) is 4.90 Å². The number of fused-ring (bicyclic) bond motifs is 8. The van der Waals surface area contributed by atoms with Crippen molar-refractivity contribution in [1.82, 2.24) is 0 Å². The van der Waals surface area contributed by atoms with E-state index >= 15 is 0 Å². The van der Waals surface area contributed by atoms with Crippen LogP contribution in [-0.2, 0) is 35.5 Å². The molecule has 4 aliphatic carbocycles. The zero-order valence-corrected chi connectivity index (χ0v) is 45.8. The van der Waals surface area contributed by atoms with Crippen molar-refractivity contribution >= 4 is 51.4 Å². The summed E-state index contributed by atoms with van der Waals surface area (Å²) in [6.07, 6.45) is 19.0. The Kier molecular flexibility index (Phi) is 10.8. The molecule has 358 valence electrons. The van der Waals surface area contributed by atoms with Crippen LogP contribution in [0.5, 0.6) is 0 Å². The van der Waals surface area contributed by atoms with Crippen LogP contribution in [0.2, 0.25) is 5.82 Å². The number of anilines is 3. The van der Waals surface area contributed by atoms with Crippen LogP contribution in [0.1, 0.15) is 166 Å². The summed E-state index contributed by atoms with van der Waals surface area (Å²) in [5, 5.41) is 0. The molecule has 3 heteroatoms. The maximum Gasteiger partial charge on any atom is 0.235 e. The summed E-state index contributed by atoms with van der Waals surface area (Å²) in [7, 11) is 0. The molecule has 5 aromatic rings. The molecule has 1 aromatic heterocycles. The van der Waals surface area contributed by atoms with Gasteiger partial charge in [-0.2, -0.15) is 0 Å². The van der Waals surface area contributed by atoms with Crippen molar-refractivity contribution in [3.05, 3.63) is 152 Å². The third-order valence-electron chi connectivity index (χ3n) is 18.8. The van der Waals surface area contributed by atoms with Crippen LogP contribution < -0.4 is 15.1 Å². The van der Waals surface area contributed by atoms with E-state index in [2.05, 4.69) is 223 Å². The molecule has 0 bridgehead atoms. The molecule has 0 radical (unpaired) electrons. The zero-order chi connectivity index (χ0) is 49.0. The minimum Gasteiger partial charge on any atom is -0.310 e. The van der Waals surface area contributed by atoms with Gasteiger partial charge in [0.25, 0.3) is 0 Å². The Morgan fingerprint density at radius 3 is 1.96 bits per heavy atom. The first-order valence-electron chi connectivity index (χ1n) is 26.9. The lowest BCUT2D eigenvalue weighted by Crippen LogP contribution is -2.53. The Balaban J connectivity index is 1.17. The number of rotatable bonds is 4. The van der Waals surface area contributed by atoms with Gasteiger partial charge in [0.05, 0.1) is 5.69 Å². The first kappa shape index (κ1) is 47.0. The van der Waals surface area contributed by atoms with Gasteiger partial charge in [0.1, 0.15) is 0 Å². The Morgan fingerprint density at radius 2 is 1.32 bits per heavy atom. The summed E-state index contributed by atoms with van der Waals surface area (Å²) >= 11 is 2.13. The second-order valence-electron chi connectivity index (χ2n) is 27.6. The fourth-order valence-corrected chi connectivity index (χ4v) is 15.6. The van der Waals surface area contributed by atoms with E-state index < -0.39 is 0 Å². The maximum atomic E-state index is 2.91. The van der Waals surface area contributed by atoms with Crippen molar-refractivity contribution in [2.24, 2.45) is 34.0 Å². The van der Waals surface area contributed by atoms with Crippen molar-refractivity contribution in [1.29, 1.82) is 0 Å². The van der Waals surface area contributed by atoms with Gasteiger partial charge in [0.2, 0.25) is 6.71 Å². The monoisotopic (exact) mass is 930 g/mol. The molecule has 6 aliphatic rings. The topological polar surface area (TPSA) is 3.24 Å². The van der Waals surface area contributed by atoms with E-state index in [-0.39, 0.29) is 39.2 Å². The Labute approximate surface area is 422 Å².